The molecule has 3 aromatic carbocycles. The molecule has 100 valence electrons. The van der Waals surface area contributed by atoms with Gasteiger partial charge in [0, 0.05) is 21.9 Å². The summed E-state index contributed by atoms with van der Waals surface area (Å²) in [7, 11) is 0. The summed E-state index contributed by atoms with van der Waals surface area (Å²) in [5.74, 6) is -0.496. The highest BCUT2D eigenvalue weighted by atomic mass is 16.4. The van der Waals surface area contributed by atoms with Gasteiger partial charge in [0.15, 0.2) is 11.1 Å². The predicted molar refractivity (Wildman–Crippen MR) is 79.3 cm³/mol. The highest BCUT2D eigenvalue weighted by Crippen LogP contribution is 2.19. The molecule has 0 aliphatic heterocycles. The van der Waals surface area contributed by atoms with Gasteiger partial charge in [-0.05, 0) is 22.9 Å². The molecule has 0 saturated carbocycles. The van der Waals surface area contributed by atoms with E-state index >= 15 is 0 Å². The molecule has 0 aliphatic carbocycles. The Kier molecular flexibility index (Phi) is 2.54. The van der Waals surface area contributed by atoms with E-state index in [2.05, 4.69) is 5.10 Å². The van der Waals surface area contributed by atoms with Crippen molar-refractivity contribution in [3.63, 3.8) is 0 Å². The van der Waals surface area contributed by atoms with Crippen molar-refractivity contribution in [2.24, 2.45) is 0 Å². The second kappa shape index (κ2) is 4.52. The molecule has 0 saturated heterocycles. The van der Waals surface area contributed by atoms with Crippen LogP contribution in [0.5, 0.6) is 0 Å². The van der Waals surface area contributed by atoms with Gasteiger partial charge in [-0.15, -0.1) is 0 Å². The molecule has 1 heterocycles. The van der Waals surface area contributed by atoms with Crippen molar-refractivity contribution in [3.05, 3.63) is 77.3 Å². The molecule has 0 unspecified atom stereocenters. The van der Waals surface area contributed by atoms with Gasteiger partial charge < -0.3 is 4.42 Å². The number of fused-ring (bicyclic) bond motifs is 2. The Labute approximate surface area is 119 Å². The fourth-order valence-corrected chi connectivity index (χ4v) is 2.39. The van der Waals surface area contributed by atoms with Crippen LogP contribution in [-0.2, 0) is 0 Å². The molecule has 4 rings (SSSR count). The smallest absolute Gasteiger partial charge is 0.368 e. The van der Waals surface area contributed by atoms with Gasteiger partial charge in [-0.25, -0.2) is 0 Å². The summed E-state index contributed by atoms with van der Waals surface area (Å²) in [5.41, 5.74) is 1.82. The maximum atomic E-state index is 12.1. The lowest BCUT2D eigenvalue weighted by Crippen LogP contribution is -2.50. The SMILES string of the molecule is O=c1oc2cc3ccccc3cc2n[n+]1-c1ccccc1. The molecule has 0 amide bonds. The van der Waals surface area contributed by atoms with Gasteiger partial charge in [0.2, 0.25) is 5.69 Å². The Balaban J connectivity index is 2.05. The van der Waals surface area contributed by atoms with Gasteiger partial charge in [-0.3, -0.25) is 0 Å². The molecule has 0 fully saturated rings. The minimum absolute atomic E-state index is 0.492. The molecule has 1 aromatic heterocycles. The number of hydrogen-bond donors (Lipinski definition) is 0. The molecule has 21 heavy (non-hydrogen) atoms. The van der Waals surface area contributed by atoms with Crippen LogP contribution in [0.2, 0.25) is 0 Å². The fraction of sp³-hybridized carbons (Fsp3) is 0. The van der Waals surface area contributed by atoms with E-state index in [4.69, 9.17) is 4.42 Å². The molecule has 0 spiro atoms. The summed E-state index contributed by atoms with van der Waals surface area (Å²) in [6, 6.07) is 20.9. The first-order chi connectivity index (χ1) is 10.3. The Morgan fingerprint density at radius 1 is 0.857 bits per heavy atom. The number of rotatable bonds is 1. The van der Waals surface area contributed by atoms with Crippen LogP contribution in [0.3, 0.4) is 0 Å². The van der Waals surface area contributed by atoms with Crippen LogP contribution >= 0.6 is 0 Å². The van der Waals surface area contributed by atoms with Gasteiger partial charge in [-0.2, -0.15) is 4.79 Å². The molecule has 0 aliphatic rings. The van der Waals surface area contributed by atoms with E-state index < -0.39 is 5.76 Å². The molecular weight excluding hydrogens is 264 g/mol. The van der Waals surface area contributed by atoms with Crippen LogP contribution in [0.1, 0.15) is 0 Å². The van der Waals surface area contributed by atoms with E-state index in [1.54, 1.807) is 0 Å². The van der Waals surface area contributed by atoms with Crippen LogP contribution < -0.4 is 10.4 Å². The van der Waals surface area contributed by atoms with E-state index in [0.717, 1.165) is 10.8 Å². The van der Waals surface area contributed by atoms with Gasteiger partial charge >= 0.3 is 5.76 Å². The van der Waals surface area contributed by atoms with E-state index in [0.29, 0.717) is 16.8 Å². The minimum atomic E-state index is -0.496. The maximum Gasteiger partial charge on any atom is 0.634 e. The zero-order chi connectivity index (χ0) is 14.2. The van der Waals surface area contributed by atoms with Crippen LogP contribution in [0.4, 0.5) is 0 Å². The number of nitrogens with zero attached hydrogens (tertiary/aromatic N) is 2. The van der Waals surface area contributed by atoms with E-state index in [1.807, 2.05) is 66.7 Å². The standard InChI is InChI=1S/C17H11N2O2/c20-17-19(14-8-2-1-3-9-14)18-15-10-12-6-4-5-7-13(12)11-16(15)21-17/h1-11H/q+1. The number of aromatic nitrogens is 2. The van der Waals surface area contributed by atoms with Crippen molar-refractivity contribution in [1.29, 1.82) is 0 Å². The largest absolute Gasteiger partial charge is 0.634 e. The van der Waals surface area contributed by atoms with Crippen molar-refractivity contribution in [2.75, 3.05) is 0 Å². The lowest BCUT2D eigenvalue weighted by Gasteiger charge is -1.98. The average molecular weight is 275 g/mol. The van der Waals surface area contributed by atoms with Crippen LogP contribution in [-0.4, -0.2) is 5.10 Å². The third-order valence-corrected chi connectivity index (χ3v) is 3.41. The van der Waals surface area contributed by atoms with Crippen LogP contribution in [0, 0.1) is 0 Å². The monoisotopic (exact) mass is 275 g/mol. The quantitative estimate of drug-likeness (QED) is 0.396. The average Bonchev–Trinajstić information content (AvgIpc) is 2.53. The van der Waals surface area contributed by atoms with Crippen molar-refractivity contribution in [1.82, 2.24) is 5.10 Å². The molecular formula is C17H11N2O2+. The number of para-hydroxylation sites is 1. The molecule has 0 N–H and O–H groups in total. The fourth-order valence-electron chi connectivity index (χ4n) is 2.39. The van der Waals surface area contributed by atoms with Crippen molar-refractivity contribution >= 4 is 21.9 Å². The lowest BCUT2D eigenvalue weighted by molar-refractivity contribution is -0.683. The second-order valence-electron chi connectivity index (χ2n) is 4.78. The van der Waals surface area contributed by atoms with Crippen LogP contribution in [0.15, 0.2) is 75.9 Å². The topological polar surface area (TPSA) is 47.0 Å². The predicted octanol–water partition coefficient (Wildman–Crippen LogP) is 2.62. The molecule has 0 atom stereocenters. The first kappa shape index (κ1) is 11.8. The Morgan fingerprint density at radius 3 is 2.29 bits per heavy atom. The minimum Gasteiger partial charge on any atom is -0.368 e. The second-order valence-corrected chi connectivity index (χ2v) is 4.78. The molecule has 4 heteroatoms. The van der Waals surface area contributed by atoms with Gasteiger partial charge in [0.05, 0.1) is 0 Å². The summed E-state index contributed by atoms with van der Waals surface area (Å²) in [4.78, 5) is 12.1. The van der Waals surface area contributed by atoms with E-state index in [-0.39, 0.29) is 0 Å². The van der Waals surface area contributed by atoms with Crippen molar-refractivity contribution in [2.45, 2.75) is 0 Å². The summed E-state index contributed by atoms with van der Waals surface area (Å²) >= 11 is 0. The number of hydrogen-bond acceptors (Lipinski definition) is 3. The highest BCUT2D eigenvalue weighted by molar-refractivity contribution is 5.93. The van der Waals surface area contributed by atoms with Gasteiger partial charge in [0.25, 0.3) is 0 Å². The highest BCUT2D eigenvalue weighted by Gasteiger charge is 2.18. The molecule has 4 nitrogen and oxygen atoms in total. The Bertz CT molecular complexity index is 1010. The van der Waals surface area contributed by atoms with Crippen LogP contribution in [0.25, 0.3) is 27.6 Å². The Morgan fingerprint density at radius 2 is 1.52 bits per heavy atom. The molecule has 4 aromatic rings. The summed E-state index contributed by atoms with van der Waals surface area (Å²) < 4.78 is 6.68. The summed E-state index contributed by atoms with van der Waals surface area (Å²) in [5, 5.41) is 6.49. The Hall–Kier alpha value is -3.01. The van der Waals surface area contributed by atoms with E-state index in [9.17, 15) is 4.79 Å². The third-order valence-electron chi connectivity index (χ3n) is 3.41. The summed E-state index contributed by atoms with van der Waals surface area (Å²) in [6.07, 6.45) is 0. The maximum absolute atomic E-state index is 12.1. The van der Waals surface area contributed by atoms with Gasteiger partial charge in [0.1, 0.15) is 0 Å². The lowest BCUT2D eigenvalue weighted by atomic mass is 10.1. The summed E-state index contributed by atoms with van der Waals surface area (Å²) in [6.45, 7) is 0. The zero-order valence-corrected chi connectivity index (χ0v) is 11.1. The zero-order valence-electron chi connectivity index (χ0n) is 11.1. The molecule has 0 bridgehead atoms. The third kappa shape index (κ3) is 1.97. The van der Waals surface area contributed by atoms with Gasteiger partial charge in [-0.1, -0.05) is 42.5 Å². The first-order valence-electron chi connectivity index (χ1n) is 6.63. The van der Waals surface area contributed by atoms with Crippen molar-refractivity contribution < 1.29 is 9.10 Å². The molecule has 0 radical (unpaired) electrons. The normalized spacial score (nSPS) is 11.0. The number of benzene rings is 3. The van der Waals surface area contributed by atoms with Crippen molar-refractivity contribution in [3.8, 4) is 5.69 Å². The first-order valence-corrected chi connectivity index (χ1v) is 6.63. The van der Waals surface area contributed by atoms with E-state index in [1.165, 1.54) is 4.68 Å².